The molecule has 0 aromatic heterocycles. The first-order valence-corrected chi connectivity index (χ1v) is 7.85. The van der Waals surface area contributed by atoms with Crippen LogP contribution in [0.5, 0.6) is 5.75 Å². The van der Waals surface area contributed by atoms with Crippen LogP contribution in [0.3, 0.4) is 0 Å². The lowest BCUT2D eigenvalue weighted by Gasteiger charge is -2.12. The topological polar surface area (TPSA) is 9.23 Å². The van der Waals surface area contributed by atoms with Crippen LogP contribution in [0.4, 0.5) is 0 Å². The first kappa shape index (κ1) is 13.8. The van der Waals surface area contributed by atoms with Crippen molar-refractivity contribution in [2.24, 2.45) is 0 Å². The Kier molecular flexibility index (Phi) is 3.27. The van der Waals surface area contributed by atoms with Crippen molar-refractivity contribution in [3.8, 4) is 5.75 Å². The molecule has 1 heteroatoms. The van der Waals surface area contributed by atoms with E-state index in [0.29, 0.717) is 0 Å². The summed E-state index contributed by atoms with van der Waals surface area (Å²) in [6.07, 6.45) is 2.13. The van der Waals surface area contributed by atoms with Gasteiger partial charge in [-0.05, 0) is 41.0 Å². The summed E-state index contributed by atoms with van der Waals surface area (Å²) in [6.45, 7) is 6.15. The van der Waals surface area contributed by atoms with Crippen LogP contribution in [0.2, 0.25) is 0 Å². The molecule has 3 aromatic carbocycles. The van der Waals surface area contributed by atoms with E-state index in [1.165, 1.54) is 27.5 Å². The second-order valence-electron chi connectivity index (χ2n) is 6.01. The van der Waals surface area contributed by atoms with Crippen molar-refractivity contribution in [1.29, 1.82) is 0 Å². The summed E-state index contributed by atoms with van der Waals surface area (Å²) in [4.78, 5) is 0. The van der Waals surface area contributed by atoms with Crippen LogP contribution in [-0.4, -0.2) is 6.10 Å². The molecule has 0 saturated heterocycles. The Balaban J connectivity index is 1.98. The second kappa shape index (κ2) is 5.44. The summed E-state index contributed by atoms with van der Waals surface area (Å²) < 4.78 is 6.19. The van der Waals surface area contributed by atoms with Gasteiger partial charge in [-0.3, -0.25) is 0 Å². The molecule has 0 N–H and O–H groups in total. The molecule has 1 aliphatic heterocycles. The van der Waals surface area contributed by atoms with E-state index in [0.717, 1.165) is 11.3 Å². The Morgan fingerprint density at radius 3 is 2.48 bits per heavy atom. The second-order valence-corrected chi connectivity index (χ2v) is 6.01. The Bertz CT molecular complexity index is 919. The van der Waals surface area contributed by atoms with Crippen LogP contribution in [0.25, 0.3) is 22.4 Å². The molecule has 0 amide bonds. The molecule has 112 valence electrons. The number of hydrogen-bond donors (Lipinski definition) is 0. The van der Waals surface area contributed by atoms with Gasteiger partial charge < -0.3 is 4.74 Å². The molecule has 1 nitrogen and oxygen atoms in total. The number of ether oxygens (including phenoxy) is 1. The van der Waals surface area contributed by atoms with Gasteiger partial charge in [-0.1, -0.05) is 67.2 Å². The monoisotopic (exact) mass is 298 g/mol. The van der Waals surface area contributed by atoms with Gasteiger partial charge in [0.25, 0.3) is 0 Å². The van der Waals surface area contributed by atoms with Crippen LogP contribution < -0.4 is 4.74 Å². The lowest BCUT2D eigenvalue weighted by molar-refractivity contribution is 0.312. The molecule has 1 heterocycles. The summed E-state index contributed by atoms with van der Waals surface area (Å²) in [7, 11) is 0. The highest BCUT2D eigenvalue weighted by atomic mass is 16.5. The predicted molar refractivity (Wildman–Crippen MR) is 97.5 cm³/mol. The van der Waals surface area contributed by atoms with E-state index in [-0.39, 0.29) is 6.10 Å². The molecule has 0 unspecified atom stereocenters. The zero-order chi connectivity index (χ0) is 15.8. The van der Waals surface area contributed by atoms with Crippen LogP contribution in [0.15, 0.2) is 78.9 Å². The largest absolute Gasteiger partial charge is 0.481 e. The van der Waals surface area contributed by atoms with Crippen LogP contribution in [0, 0.1) is 0 Å². The SMILES string of the molecule is C=C(C)[C@H]1Oc2ccc3ccccc3c2/C1=C/c1ccccc1. The zero-order valence-corrected chi connectivity index (χ0v) is 13.1. The number of hydrogen-bond acceptors (Lipinski definition) is 1. The number of benzene rings is 3. The van der Waals surface area contributed by atoms with Gasteiger partial charge in [0, 0.05) is 11.1 Å². The Labute approximate surface area is 136 Å². The van der Waals surface area contributed by atoms with E-state index in [9.17, 15) is 0 Å². The predicted octanol–water partition coefficient (Wildman–Crippen LogP) is 5.72. The third-order valence-corrected chi connectivity index (χ3v) is 4.28. The van der Waals surface area contributed by atoms with Crippen LogP contribution >= 0.6 is 0 Å². The van der Waals surface area contributed by atoms with Gasteiger partial charge in [-0.2, -0.15) is 0 Å². The minimum Gasteiger partial charge on any atom is -0.481 e. The van der Waals surface area contributed by atoms with Gasteiger partial charge in [-0.25, -0.2) is 0 Å². The third-order valence-electron chi connectivity index (χ3n) is 4.28. The van der Waals surface area contributed by atoms with E-state index >= 15 is 0 Å². The van der Waals surface area contributed by atoms with Gasteiger partial charge in [0.2, 0.25) is 0 Å². The maximum Gasteiger partial charge on any atom is 0.145 e. The van der Waals surface area contributed by atoms with Gasteiger partial charge >= 0.3 is 0 Å². The molecule has 0 fully saturated rings. The van der Waals surface area contributed by atoms with Crippen molar-refractivity contribution < 1.29 is 4.74 Å². The molecule has 3 aromatic rings. The zero-order valence-electron chi connectivity index (χ0n) is 13.1. The maximum absolute atomic E-state index is 6.19. The van der Waals surface area contributed by atoms with Crippen LogP contribution in [-0.2, 0) is 0 Å². The normalized spacial score (nSPS) is 18.0. The van der Waals surface area contributed by atoms with Crippen LogP contribution in [0.1, 0.15) is 18.1 Å². The van der Waals surface area contributed by atoms with Gasteiger partial charge in [-0.15, -0.1) is 0 Å². The van der Waals surface area contributed by atoms with Crippen molar-refractivity contribution in [1.82, 2.24) is 0 Å². The van der Waals surface area contributed by atoms with Gasteiger partial charge in [0.1, 0.15) is 11.9 Å². The van der Waals surface area contributed by atoms with Gasteiger partial charge in [0.05, 0.1) is 0 Å². The molecule has 0 radical (unpaired) electrons. The van der Waals surface area contributed by atoms with E-state index in [1.54, 1.807) is 0 Å². The van der Waals surface area contributed by atoms with E-state index < -0.39 is 0 Å². The molecular weight excluding hydrogens is 280 g/mol. The highest BCUT2D eigenvalue weighted by molar-refractivity contribution is 6.03. The Morgan fingerprint density at radius 1 is 0.957 bits per heavy atom. The van der Waals surface area contributed by atoms with Crippen molar-refractivity contribution in [2.45, 2.75) is 13.0 Å². The summed E-state index contributed by atoms with van der Waals surface area (Å²) in [6, 6.07) is 23.0. The highest BCUT2D eigenvalue weighted by Gasteiger charge is 2.30. The molecule has 23 heavy (non-hydrogen) atoms. The highest BCUT2D eigenvalue weighted by Crippen LogP contribution is 2.44. The van der Waals surface area contributed by atoms with Crippen molar-refractivity contribution in [3.05, 3.63) is 90.0 Å². The smallest absolute Gasteiger partial charge is 0.145 e. The number of fused-ring (bicyclic) bond motifs is 3. The summed E-state index contributed by atoms with van der Waals surface area (Å²) in [5.41, 5.74) is 4.58. The average Bonchev–Trinajstić information content (AvgIpc) is 2.95. The molecule has 0 aliphatic carbocycles. The van der Waals surface area contributed by atoms with Crippen molar-refractivity contribution in [3.63, 3.8) is 0 Å². The Hall–Kier alpha value is -2.80. The molecule has 0 bridgehead atoms. The summed E-state index contributed by atoms with van der Waals surface area (Å²) in [5.74, 6) is 0.943. The minimum absolute atomic E-state index is 0.0870. The standard InChI is InChI=1S/C22H18O/c1-15(2)22-19(14-16-8-4-3-5-9-16)21-18-11-7-6-10-17(18)12-13-20(21)23-22/h3-14,22H,1H2,2H3/b19-14-/t22-/m1/s1. The fraction of sp³-hybridized carbons (Fsp3) is 0.0909. The quantitative estimate of drug-likeness (QED) is 0.550. The summed E-state index contributed by atoms with van der Waals surface area (Å²) >= 11 is 0. The minimum atomic E-state index is -0.0870. The van der Waals surface area contributed by atoms with Crippen molar-refractivity contribution >= 4 is 22.4 Å². The lowest BCUT2D eigenvalue weighted by atomic mass is 9.92. The molecule has 1 atom stereocenters. The molecule has 4 rings (SSSR count). The van der Waals surface area contributed by atoms with E-state index in [1.807, 2.05) is 13.0 Å². The summed E-state index contributed by atoms with van der Waals surface area (Å²) in [5, 5.41) is 2.46. The molecular formula is C22H18O. The van der Waals surface area contributed by atoms with Crippen molar-refractivity contribution in [2.75, 3.05) is 0 Å². The number of rotatable bonds is 2. The van der Waals surface area contributed by atoms with E-state index in [4.69, 9.17) is 4.74 Å². The average molecular weight is 298 g/mol. The lowest BCUT2D eigenvalue weighted by Crippen LogP contribution is -2.12. The van der Waals surface area contributed by atoms with E-state index in [2.05, 4.69) is 73.3 Å². The third kappa shape index (κ3) is 2.35. The first-order chi connectivity index (χ1) is 11.2. The fourth-order valence-corrected chi connectivity index (χ4v) is 3.21. The molecule has 0 saturated carbocycles. The molecule has 1 aliphatic rings. The first-order valence-electron chi connectivity index (χ1n) is 7.85. The molecule has 0 spiro atoms. The Morgan fingerprint density at radius 2 is 1.70 bits per heavy atom. The fourth-order valence-electron chi connectivity index (χ4n) is 3.21. The van der Waals surface area contributed by atoms with Gasteiger partial charge in [0.15, 0.2) is 0 Å². The maximum atomic E-state index is 6.19.